The van der Waals surface area contributed by atoms with Crippen molar-refractivity contribution in [2.75, 3.05) is 26.6 Å². The largest absolute Gasteiger partial charge is 0.454 e. The van der Waals surface area contributed by atoms with Gasteiger partial charge in [-0.1, -0.05) is 0 Å². The van der Waals surface area contributed by atoms with Crippen molar-refractivity contribution in [3.05, 3.63) is 30.2 Å². The first-order valence-corrected chi connectivity index (χ1v) is 6.66. The first-order chi connectivity index (χ1) is 9.90. The standard InChI is InChI=1S/C14H15N3O3/c1-2-12-13(20-8-19-12)5-9(1)10-6-16-14(17-10)11-7-18-4-3-15-11/h1-2,5-6,11,15H,3-4,7-8H2,(H,16,17). The molecule has 1 fully saturated rings. The molecule has 1 atom stereocenters. The Kier molecular flexibility index (Phi) is 2.82. The second-order valence-electron chi connectivity index (χ2n) is 4.83. The van der Waals surface area contributed by atoms with E-state index < -0.39 is 0 Å². The van der Waals surface area contributed by atoms with E-state index in [9.17, 15) is 0 Å². The number of ether oxygens (including phenoxy) is 3. The Balaban J connectivity index is 1.61. The van der Waals surface area contributed by atoms with Crippen molar-refractivity contribution in [3.8, 4) is 22.8 Å². The maximum atomic E-state index is 5.45. The summed E-state index contributed by atoms with van der Waals surface area (Å²) in [5, 5.41) is 3.38. The molecule has 104 valence electrons. The number of nitrogens with one attached hydrogen (secondary N) is 2. The fourth-order valence-electron chi connectivity index (χ4n) is 2.47. The molecule has 6 nitrogen and oxygen atoms in total. The lowest BCUT2D eigenvalue weighted by atomic mass is 10.1. The third-order valence-corrected chi connectivity index (χ3v) is 3.53. The third-order valence-electron chi connectivity index (χ3n) is 3.53. The number of fused-ring (bicyclic) bond motifs is 1. The van der Waals surface area contributed by atoms with Crippen LogP contribution in [0.3, 0.4) is 0 Å². The zero-order chi connectivity index (χ0) is 13.4. The van der Waals surface area contributed by atoms with Gasteiger partial charge < -0.3 is 24.5 Å². The van der Waals surface area contributed by atoms with Crippen molar-refractivity contribution in [1.29, 1.82) is 0 Å². The summed E-state index contributed by atoms with van der Waals surface area (Å²) in [5.74, 6) is 2.46. The summed E-state index contributed by atoms with van der Waals surface area (Å²) in [5.41, 5.74) is 2.00. The minimum atomic E-state index is 0.131. The van der Waals surface area contributed by atoms with Crippen molar-refractivity contribution in [1.82, 2.24) is 15.3 Å². The van der Waals surface area contributed by atoms with Gasteiger partial charge in [0, 0.05) is 12.1 Å². The van der Waals surface area contributed by atoms with E-state index in [1.54, 1.807) is 0 Å². The fraction of sp³-hybridized carbons (Fsp3) is 0.357. The molecule has 1 aromatic heterocycles. The summed E-state index contributed by atoms with van der Waals surface area (Å²) >= 11 is 0. The Bertz CT molecular complexity index is 620. The minimum absolute atomic E-state index is 0.131. The smallest absolute Gasteiger partial charge is 0.231 e. The summed E-state index contributed by atoms with van der Waals surface area (Å²) < 4.78 is 16.2. The Morgan fingerprint density at radius 2 is 2.15 bits per heavy atom. The molecule has 2 N–H and O–H groups in total. The number of rotatable bonds is 2. The highest BCUT2D eigenvalue weighted by molar-refractivity contribution is 5.64. The number of nitrogens with zero attached hydrogens (tertiary/aromatic N) is 1. The second-order valence-corrected chi connectivity index (χ2v) is 4.83. The van der Waals surface area contributed by atoms with Crippen LogP contribution in [-0.4, -0.2) is 36.5 Å². The van der Waals surface area contributed by atoms with Gasteiger partial charge in [-0.05, 0) is 18.2 Å². The van der Waals surface area contributed by atoms with Gasteiger partial charge in [0.15, 0.2) is 11.5 Å². The molecule has 20 heavy (non-hydrogen) atoms. The molecule has 0 spiro atoms. The molecule has 2 aromatic rings. The average Bonchev–Trinajstić information content (AvgIpc) is 3.16. The highest BCUT2D eigenvalue weighted by Gasteiger charge is 2.19. The van der Waals surface area contributed by atoms with Crippen LogP contribution in [0.2, 0.25) is 0 Å². The maximum Gasteiger partial charge on any atom is 0.231 e. The molecule has 0 aliphatic carbocycles. The molecule has 1 saturated heterocycles. The fourth-order valence-corrected chi connectivity index (χ4v) is 2.47. The van der Waals surface area contributed by atoms with E-state index in [2.05, 4.69) is 15.3 Å². The number of benzene rings is 1. The number of aromatic nitrogens is 2. The van der Waals surface area contributed by atoms with Crippen LogP contribution in [0.15, 0.2) is 24.4 Å². The molecule has 6 heteroatoms. The van der Waals surface area contributed by atoms with Crippen LogP contribution in [0.1, 0.15) is 11.9 Å². The van der Waals surface area contributed by atoms with Gasteiger partial charge in [-0.15, -0.1) is 0 Å². The molecule has 3 heterocycles. The molecule has 0 bridgehead atoms. The van der Waals surface area contributed by atoms with Gasteiger partial charge in [-0.3, -0.25) is 0 Å². The molecule has 0 radical (unpaired) electrons. The number of hydrogen-bond donors (Lipinski definition) is 2. The molecule has 4 rings (SSSR count). The van der Waals surface area contributed by atoms with Crippen LogP contribution in [0.5, 0.6) is 11.5 Å². The van der Waals surface area contributed by atoms with E-state index in [0.29, 0.717) is 6.61 Å². The van der Waals surface area contributed by atoms with Crippen molar-refractivity contribution >= 4 is 0 Å². The van der Waals surface area contributed by atoms with Crippen molar-refractivity contribution in [2.24, 2.45) is 0 Å². The highest BCUT2D eigenvalue weighted by atomic mass is 16.7. The van der Waals surface area contributed by atoms with E-state index >= 15 is 0 Å². The summed E-state index contributed by atoms with van der Waals surface area (Å²) in [6.45, 7) is 2.54. The van der Waals surface area contributed by atoms with E-state index in [4.69, 9.17) is 14.2 Å². The monoisotopic (exact) mass is 273 g/mol. The van der Waals surface area contributed by atoms with Gasteiger partial charge in [-0.25, -0.2) is 4.98 Å². The number of H-pyrrole nitrogens is 1. The zero-order valence-electron chi connectivity index (χ0n) is 10.9. The van der Waals surface area contributed by atoms with Crippen molar-refractivity contribution in [2.45, 2.75) is 6.04 Å². The predicted molar refractivity (Wildman–Crippen MR) is 71.7 cm³/mol. The molecule has 0 saturated carbocycles. The first-order valence-electron chi connectivity index (χ1n) is 6.66. The Morgan fingerprint density at radius 1 is 1.20 bits per heavy atom. The summed E-state index contributed by atoms with van der Waals surface area (Å²) in [6.07, 6.45) is 1.84. The molecule has 1 unspecified atom stereocenters. The van der Waals surface area contributed by atoms with E-state index in [-0.39, 0.29) is 12.8 Å². The molecular formula is C14H15N3O3. The number of morpholine rings is 1. The number of aromatic amines is 1. The van der Waals surface area contributed by atoms with Crippen LogP contribution < -0.4 is 14.8 Å². The van der Waals surface area contributed by atoms with Gasteiger partial charge in [-0.2, -0.15) is 0 Å². The molecular weight excluding hydrogens is 258 g/mol. The van der Waals surface area contributed by atoms with Crippen LogP contribution in [-0.2, 0) is 4.74 Å². The van der Waals surface area contributed by atoms with E-state index in [0.717, 1.165) is 41.7 Å². The lowest BCUT2D eigenvalue weighted by Crippen LogP contribution is -2.35. The van der Waals surface area contributed by atoms with Gasteiger partial charge in [0.2, 0.25) is 6.79 Å². The van der Waals surface area contributed by atoms with Gasteiger partial charge in [0.1, 0.15) is 5.82 Å². The summed E-state index contributed by atoms with van der Waals surface area (Å²) in [7, 11) is 0. The molecule has 1 aromatic carbocycles. The molecule has 2 aliphatic rings. The van der Waals surface area contributed by atoms with Crippen molar-refractivity contribution in [3.63, 3.8) is 0 Å². The van der Waals surface area contributed by atoms with Crippen LogP contribution in [0.4, 0.5) is 0 Å². The Labute approximate surface area is 116 Å². The van der Waals surface area contributed by atoms with Crippen LogP contribution in [0.25, 0.3) is 11.3 Å². The third kappa shape index (κ3) is 2.03. The van der Waals surface area contributed by atoms with Crippen LogP contribution >= 0.6 is 0 Å². The van der Waals surface area contributed by atoms with Gasteiger partial charge in [0.05, 0.1) is 31.1 Å². The van der Waals surface area contributed by atoms with Crippen molar-refractivity contribution < 1.29 is 14.2 Å². The topological polar surface area (TPSA) is 68.4 Å². The number of imidazole rings is 1. The molecule has 2 aliphatic heterocycles. The summed E-state index contributed by atoms with van der Waals surface area (Å²) in [6, 6.07) is 6.01. The Hall–Kier alpha value is -2.05. The average molecular weight is 273 g/mol. The zero-order valence-corrected chi connectivity index (χ0v) is 10.9. The highest BCUT2D eigenvalue weighted by Crippen LogP contribution is 2.35. The minimum Gasteiger partial charge on any atom is -0.454 e. The lowest BCUT2D eigenvalue weighted by Gasteiger charge is -2.21. The first kappa shape index (κ1) is 11.7. The van der Waals surface area contributed by atoms with E-state index in [1.165, 1.54) is 0 Å². The lowest BCUT2D eigenvalue weighted by molar-refractivity contribution is 0.0745. The van der Waals surface area contributed by atoms with Gasteiger partial charge >= 0.3 is 0 Å². The normalized spacial score (nSPS) is 21.1. The van der Waals surface area contributed by atoms with Gasteiger partial charge in [0.25, 0.3) is 0 Å². The Morgan fingerprint density at radius 3 is 3.05 bits per heavy atom. The predicted octanol–water partition coefficient (Wildman–Crippen LogP) is 1.47. The quantitative estimate of drug-likeness (QED) is 0.867. The summed E-state index contributed by atoms with van der Waals surface area (Å²) in [4.78, 5) is 7.78. The van der Waals surface area contributed by atoms with Crippen LogP contribution in [0, 0.1) is 0 Å². The second kappa shape index (κ2) is 4.81. The number of hydrogen-bond acceptors (Lipinski definition) is 5. The molecule has 0 amide bonds. The van der Waals surface area contributed by atoms with E-state index in [1.807, 2.05) is 24.4 Å². The SMILES string of the molecule is c1cc2c(cc1-c1cnc(C3COCCN3)[nH]1)OCO2. The maximum absolute atomic E-state index is 5.45.